The zero-order valence-corrected chi connectivity index (χ0v) is 19.6. The second-order valence-corrected chi connectivity index (χ2v) is 9.50. The molecule has 0 radical (unpaired) electrons. The van der Waals surface area contributed by atoms with Gasteiger partial charge in [0.1, 0.15) is 12.8 Å². The van der Waals surface area contributed by atoms with Crippen LogP contribution >= 0.6 is 0 Å². The first kappa shape index (κ1) is 23.3. The maximum absolute atomic E-state index is 13.2. The SMILES string of the molecule is N=C1NC2[C@H](CN3C(=O)CCC3=O)NC(=N)N3CC(NC(=O)c4cccc5c4OCO5)C(O)C23N1CO. The predicted octanol–water partition coefficient (Wildman–Crippen LogP) is -2.90. The first-order chi connectivity index (χ1) is 17.8. The molecular weight excluding hydrogens is 488 g/mol. The molecule has 5 aliphatic heterocycles. The van der Waals surface area contributed by atoms with E-state index in [4.69, 9.17) is 20.3 Å². The normalized spacial score (nSPS) is 31.9. The predicted molar refractivity (Wildman–Crippen MR) is 123 cm³/mol. The third-order valence-electron chi connectivity index (χ3n) is 7.71. The van der Waals surface area contributed by atoms with E-state index in [2.05, 4.69) is 16.0 Å². The Morgan fingerprint density at radius 1 is 1.16 bits per heavy atom. The highest BCUT2D eigenvalue weighted by Gasteiger charge is 2.70. The van der Waals surface area contributed by atoms with E-state index in [1.54, 1.807) is 18.2 Å². The molecule has 15 heteroatoms. The van der Waals surface area contributed by atoms with Crippen molar-refractivity contribution in [3.05, 3.63) is 23.8 Å². The van der Waals surface area contributed by atoms with Gasteiger partial charge in [0, 0.05) is 19.4 Å². The van der Waals surface area contributed by atoms with Crippen LogP contribution in [0.4, 0.5) is 0 Å². The molecule has 5 heterocycles. The number of likely N-dealkylation sites (tertiary alicyclic amines) is 1. The lowest BCUT2D eigenvalue weighted by Crippen LogP contribution is -2.78. The number of hydrogen-bond acceptors (Lipinski definition) is 9. The van der Waals surface area contributed by atoms with Gasteiger partial charge in [0.05, 0.1) is 30.2 Å². The number of aliphatic hydroxyl groups is 2. The van der Waals surface area contributed by atoms with E-state index < -0.39 is 42.5 Å². The smallest absolute Gasteiger partial charge is 0.255 e. The minimum atomic E-state index is -1.54. The van der Waals surface area contributed by atoms with Gasteiger partial charge in [0.2, 0.25) is 18.6 Å². The zero-order valence-electron chi connectivity index (χ0n) is 19.6. The Balaban J connectivity index is 1.32. The molecule has 15 nitrogen and oxygen atoms in total. The van der Waals surface area contributed by atoms with Crippen molar-refractivity contribution in [1.82, 2.24) is 30.7 Å². The average molecular weight is 514 g/mol. The number of guanidine groups is 2. The maximum Gasteiger partial charge on any atom is 0.255 e. The summed E-state index contributed by atoms with van der Waals surface area (Å²) in [7, 11) is 0. The third kappa shape index (κ3) is 3.16. The van der Waals surface area contributed by atoms with Crippen molar-refractivity contribution in [2.24, 2.45) is 0 Å². The van der Waals surface area contributed by atoms with Gasteiger partial charge in [-0.1, -0.05) is 6.07 Å². The number of carbonyl (C=O) groups excluding carboxylic acids is 3. The van der Waals surface area contributed by atoms with E-state index in [1.807, 2.05) is 0 Å². The summed E-state index contributed by atoms with van der Waals surface area (Å²) < 4.78 is 10.8. The van der Waals surface area contributed by atoms with Crippen LogP contribution in [0, 0.1) is 10.8 Å². The number of nitrogens with zero attached hydrogens (tertiary/aromatic N) is 3. The fourth-order valence-corrected chi connectivity index (χ4v) is 6.08. The molecule has 6 rings (SSSR count). The van der Waals surface area contributed by atoms with E-state index in [1.165, 1.54) is 9.80 Å². The largest absolute Gasteiger partial charge is 0.454 e. The van der Waals surface area contributed by atoms with Gasteiger partial charge in [-0.15, -0.1) is 0 Å². The fraction of sp³-hybridized carbons (Fsp3) is 0.500. The molecule has 0 aromatic heterocycles. The molecule has 1 aromatic carbocycles. The first-order valence-corrected chi connectivity index (χ1v) is 11.8. The lowest BCUT2D eigenvalue weighted by molar-refractivity contribution is -0.139. The number of ether oxygens (including phenoxy) is 2. The molecule has 7 N–H and O–H groups in total. The number of fused-ring (bicyclic) bond motifs is 1. The Kier molecular flexibility index (Phi) is 5.17. The molecule has 196 valence electrons. The fourth-order valence-electron chi connectivity index (χ4n) is 6.08. The number of para-hydroxylation sites is 1. The van der Waals surface area contributed by atoms with Gasteiger partial charge < -0.3 is 40.5 Å². The molecule has 5 atom stereocenters. The number of benzene rings is 1. The number of imide groups is 1. The Morgan fingerprint density at radius 3 is 2.65 bits per heavy atom. The Bertz CT molecular complexity index is 1210. The van der Waals surface area contributed by atoms with Crippen molar-refractivity contribution < 1.29 is 34.1 Å². The molecule has 4 unspecified atom stereocenters. The summed E-state index contributed by atoms with van der Waals surface area (Å²) in [5.74, 6) is -0.812. The van der Waals surface area contributed by atoms with Crippen LogP contribution in [0.2, 0.25) is 0 Å². The van der Waals surface area contributed by atoms with E-state index >= 15 is 0 Å². The van der Waals surface area contributed by atoms with Gasteiger partial charge in [-0.3, -0.25) is 35.0 Å². The van der Waals surface area contributed by atoms with Crippen LogP contribution in [0.1, 0.15) is 23.2 Å². The molecule has 3 amide bonds. The zero-order chi connectivity index (χ0) is 26.1. The summed E-state index contributed by atoms with van der Waals surface area (Å²) in [5.41, 5.74) is -1.32. The third-order valence-corrected chi connectivity index (χ3v) is 7.71. The van der Waals surface area contributed by atoms with Crippen LogP contribution in [0.5, 0.6) is 11.5 Å². The minimum Gasteiger partial charge on any atom is -0.454 e. The summed E-state index contributed by atoms with van der Waals surface area (Å²) in [6.45, 7) is -0.774. The molecule has 0 bridgehead atoms. The van der Waals surface area contributed by atoms with Crippen molar-refractivity contribution in [1.29, 1.82) is 10.8 Å². The van der Waals surface area contributed by atoms with Gasteiger partial charge in [0.25, 0.3) is 5.91 Å². The molecule has 5 aliphatic rings. The number of rotatable bonds is 5. The second kappa shape index (κ2) is 8.21. The van der Waals surface area contributed by atoms with E-state index in [0.717, 1.165) is 4.90 Å². The number of aliphatic hydroxyl groups excluding tert-OH is 2. The lowest BCUT2D eigenvalue weighted by atomic mass is 9.86. The summed E-state index contributed by atoms with van der Waals surface area (Å²) in [6, 6.07) is 2.40. The Labute approximate surface area is 210 Å². The van der Waals surface area contributed by atoms with Crippen molar-refractivity contribution in [3.63, 3.8) is 0 Å². The maximum atomic E-state index is 13.2. The molecule has 1 aromatic rings. The van der Waals surface area contributed by atoms with Crippen molar-refractivity contribution in [2.75, 3.05) is 26.6 Å². The second-order valence-electron chi connectivity index (χ2n) is 9.50. The molecule has 37 heavy (non-hydrogen) atoms. The molecule has 0 saturated carbocycles. The molecule has 4 fully saturated rings. The standard InChI is InChI=1S/C22H26N8O7/c23-20-26-11(6-28-14(32)4-5-15(28)33)17-22(30(8-31)21(24)27-17)18(34)12(7-29(20)22)25-19(35)10-2-1-3-13-16(10)37-9-36-13/h1-3,11-12,17-18,31,34H,4-9H2,(H2,23,26)(H2,24,27)(H,25,35)/t11-,12?,17?,18?,22?/m0/s1. The summed E-state index contributed by atoms with van der Waals surface area (Å²) >= 11 is 0. The Hall–Kier alpha value is -4.11. The van der Waals surface area contributed by atoms with Crippen LogP contribution in [-0.2, 0) is 9.59 Å². The van der Waals surface area contributed by atoms with Crippen molar-refractivity contribution in [3.8, 4) is 11.5 Å². The number of amides is 3. The summed E-state index contributed by atoms with van der Waals surface area (Å²) in [5, 5.41) is 47.7. The van der Waals surface area contributed by atoms with Crippen LogP contribution in [-0.4, -0.2) is 111 Å². The van der Waals surface area contributed by atoms with Gasteiger partial charge in [-0.25, -0.2) is 0 Å². The topological polar surface area (TPSA) is 204 Å². The van der Waals surface area contributed by atoms with Crippen LogP contribution in [0.25, 0.3) is 0 Å². The van der Waals surface area contributed by atoms with Gasteiger partial charge >= 0.3 is 0 Å². The van der Waals surface area contributed by atoms with E-state index in [0.29, 0.717) is 5.75 Å². The number of nitrogens with one attached hydrogen (secondary N) is 5. The summed E-state index contributed by atoms with van der Waals surface area (Å²) in [6.07, 6.45) is -1.18. The number of hydrogen-bond donors (Lipinski definition) is 7. The lowest BCUT2D eigenvalue weighted by Gasteiger charge is -2.52. The molecule has 1 spiro atoms. The first-order valence-electron chi connectivity index (χ1n) is 11.8. The molecule has 4 saturated heterocycles. The highest BCUT2D eigenvalue weighted by molar-refractivity contribution is 6.02. The van der Waals surface area contributed by atoms with E-state index in [9.17, 15) is 24.6 Å². The van der Waals surface area contributed by atoms with Crippen LogP contribution < -0.4 is 25.4 Å². The number of carbonyl (C=O) groups is 3. The van der Waals surface area contributed by atoms with Gasteiger partial charge in [0.15, 0.2) is 29.1 Å². The summed E-state index contributed by atoms with van der Waals surface area (Å²) in [4.78, 5) is 41.6. The van der Waals surface area contributed by atoms with Crippen LogP contribution in [0.3, 0.4) is 0 Å². The molecular formula is C22H26N8O7. The highest BCUT2D eigenvalue weighted by atomic mass is 16.7. The van der Waals surface area contributed by atoms with Gasteiger partial charge in [-0.05, 0) is 12.1 Å². The molecule has 0 aliphatic carbocycles. The quantitative estimate of drug-likeness (QED) is 0.199. The minimum absolute atomic E-state index is 0.0125. The highest BCUT2D eigenvalue weighted by Crippen LogP contribution is 2.43. The Morgan fingerprint density at radius 2 is 1.92 bits per heavy atom. The van der Waals surface area contributed by atoms with Crippen molar-refractivity contribution >= 4 is 29.6 Å². The monoisotopic (exact) mass is 514 g/mol. The van der Waals surface area contributed by atoms with E-state index in [-0.39, 0.29) is 67.8 Å². The van der Waals surface area contributed by atoms with Crippen molar-refractivity contribution in [2.45, 2.75) is 42.7 Å². The van der Waals surface area contributed by atoms with Gasteiger partial charge in [-0.2, -0.15) is 0 Å². The average Bonchev–Trinajstić information content (AvgIpc) is 3.62. The van der Waals surface area contributed by atoms with Crippen LogP contribution in [0.15, 0.2) is 18.2 Å².